The Morgan fingerprint density at radius 1 is 1.04 bits per heavy atom. The van der Waals surface area contributed by atoms with Crippen LogP contribution in [0.3, 0.4) is 0 Å². The maximum absolute atomic E-state index is 13.9. The normalized spacial score (nSPS) is 17.2. The van der Waals surface area contributed by atoms with Crippen LogP contribution in [0.4, 0.5) is 14.6 Å². The SMILES string of the molecule is Cn1cnnc1C1CCCN1c1ccc(-c2c(F)cccc2F)nn1. The summed E-state index contributed by atoms with van der Waals surface area (Å²) in [5.41, 5.74) is 0.0154. The Kier molecular flexibility index (Phi) is 3.87. The number of aromatic nitrogens is 5. The van der Waals surface area contributed by atoms with Crippen LogP contribution in [0.1, 0.15) is 24.7 Å². The van der Waals surface area contributed by atoms with Gasteiger partial charge in [-0.3, -0.25) is 0 Å². The first-order valence-electron chi connectivity index (χ1n) is 8.04. The second-order valence-electron chi connectivity index (χ2n) is 6.02. The van der Waals surface area contributed by atoms with Crippen molar-refractivity contribution in [3.8, 4) is 11.3 Å². The van der Waals surface area contributed by atoms with Crippen molar-refractivity contribution < 1.29 is 8.78 Å². The van der Waals surface area contributed by atoms with E-state index >= 15 is 0 Å². The third kappa shape index (κ3) is 2.73. The van der Waals surface area contributed by atoms with Gasteiger partial charge in [0.2, 0.25) is 0 Å². The predicted octanol–water partition coefficient (Wildman–Crippen LogP) is 2.89. The van der Waals surface area contributed by atoms with Crippen LogP contribution in [-0.2, 0) is 7.05 Å². The fourth-order valence-corrected chi connectivity index (χ4v) is 3.26. The monoisotopic (exact) mass is 342 g/mol. The zero-order valence-electron chi connectivity index (χ0n) is 13.6. The molecule has 0 radical (unpaired) electrons. The summed E-state index contributed by atoms with van der Waals surface area (Å²) in [6.07, 6.45) is 3.61. The van der Waals surface area contributed by atoms with Crippen LogP contribution in [0.2, 0.25) is 0 Å². The maximum Gasteiger partial charge on any atom is 0.155 e. The van der Waals surface area contributed by atoms with Crippen molar-refractivity contribution in [2.24, 2.45) is 7.05 Å². The number of rotatable bonds is 3. The van der Waals surface area contributed by atoms with E-state index in [0.717, 1.165) is 25.2 Å². The molecule has 1 fully saturated rings. The lowest BCUT2D eigenvalue weighted by molar-refractivity contribution is 0.588. The molecule has 2 aromatic heterocycles. The third-order valence-electron chi connectivity index (χ3n) is 4.46. The predicted molar refractivity (Wildman–Crippen MR) is 87.7 cm³/mol. The summed E-state index contributed by atoms with van der Waals surface area (Å²) in [6, 6.07) is 7.14. The highest BCUT2D eigenvalue weighted by Crippen LogP contribution is 2.34. The summed E-state index contributed by atoms with van der Waals surface area (Å²) in [4.78, 5) is 2.10. The van der Waals surface area contributed by atoms with E-state index in [9.17, 15) is 8.78 Å². The Morgan fingerprint density at radius 3 is 2.48 bits per heavy atom. The van der Waals surface area contributed by atoms with Crippen LogP contribution in [0.15, 0.2) is 36.7 Å². The number of benzene rings is 1. The Hall–Kier alpha value is -2.90. The summed E-state index contributed by atoms with van der Waals surface area (Å²) in [5, 5.41) is 16.4. The van der Waals surface area contributed by atoms with E-state index in [-0.39, 0.29) is 17.3 Å². The van der Waals surface area contributed by atoms with Crippen molar-refractivity contribution in [2.45, 2.75) is 18.9 Å². The van der Waals surface area contributed by atoms with Gasteiger partial charge in [0.05, 0.1) is 17.3 Å². The average molecular weight is 342 g/mol. The van der Waals surface area contributed by atoms with Crippen molar-refractivity contribution in [3.63, 3.8) is 0 Å². The van der Waals surface area contributed by atoms with E-state index < -0.39 is 11.6 Å². The van der Waals surface area contributed by atoms with E-state index in [1.54, 1.807) is 18.5 Å². The molecule has 0 saturated carbocycles. The molecular weight excluding hydrogens is 326 g/mol. The van der Waals surface area contributed by atoms with Crippen molar-refractivity contribution in [1.29, 1.82) is 0 Å². The van der Waals surface area contributed by atoms with Crippen molar-refractivity contribution in [1.82, 2.24) is 25.0 Å². The van der Waals surface area contributed by atoms with Crippen molar-refractivity contribution >= 4 is 5.82 Å². The summed E-state index contributed by atoms with van der Waals surface area (Å²) in [7, 11) is 1.90. The van der Waals surface area contributed by atoms with Crippen molar-refractivity contribution in [3.05, 3.63) is 54.1 Å². The molecule has 1 atom stereocenters. The Morgan fingerprint density at radius 2 is 1.84 bits per heavy atom. The molecule has 8 heteroatoms. The minimum absolute atomic E-state index is 0.0675. The van der Waals surface area contributed by atoms with Crippen LogP contribution < -0.4 is 4.90 Å². The summed E-state index contributed by atoms with van der Waals surface area (Å²) >= 11 is 0. The molecule has 4 rings (SSSR count). The van der Waals surface area contributed by atoms with Gasteiger partial charge in [0.1, 0.15) is 18.0 Å². The van der Waals surface area contributed by atoms with Gasteiger partial charge in [-0.15, -0.1) is 20.4 Å². The standard InChI is InChI=1S/C17H16F2N6/c1-24-10-20-23-17(24)14-6-3-9-25(14)15-8-7-13(21-22-15)16-11(18)4-2-5-12(16)19/h2,4-5,7-8,10,14H,3,6,9H2,1H3. The molecule has 3 aromatic rings. The summed E-state index contributed by atoms with van der Waals surface area (Å²) < 4.78 is 29.7. The molecule has 6 nitrogen and oxygen atoms in total. The molecule has 25 heavy (non-hydrogen) atoms. The smallest absolute Gasteiger partial charge is 0.155 e. The average Bonchev–Trinajstić information content (AvgIpc) is 3.24. The maximum atomic E-state index is 13.9. The van der Waals surface area contributed by atoms with Gasteiger partial charge in [-0.1, -0.05) is 6.07 Å². The van der Waals surface area contributed by atoms with Crippen LogP contribution in [-0.4, -0.2) is 31.5 Å². The Bertz CT molecular complexity index is 872. The summed E-state index contributed by atoms with van der Waals surface area (Å²) in [6.45, 7) is 0.819. The fraction of sp³-hybridized carbons (Fsp3) is 0.294. The number of hydrogen-bond donors (Lipinski definition) is 0. The van der Waals surface area contributed by atoms with Gasteiger partial charge in [0, 0.05) is 13.6 Å². The lowest BCUT2D eigenvalue weighted by Crippen LogP contribution is -2.26. The van der Waals surface area contributed by atoms with Crippen molar-refractivity contribution in [2.75, 3.05) is 11.4 Å². The second kappa shape index (κ2) is 6.19. The van der Waals surface area contributed by atoms with Crippen LogP contribution >= 0.6 is 0 Å². The number of anilines is 1. The van der Waals surface area contributed by atoms with Crippen LogP contribution in [0.25, 0.3) is 11.3 Å². The van der Waals surface area contributed by atoms with Gasteiger partial charge in [0.15, 0.2) is 11.6 Å². The number of hydrogen-bond acceptors (Lipinski definition) is 5. The highest BCUT2D eigenvalue weighted by molar-refractivity contribution is 5.61. The first kappa shape index (κ1) is 15.6. The molecule has 1 saturated heterocycles. The zero-order chi connectivity index (χ0) is 17.4. The lowest BCUT2D eigenvalue weighted by atomic mass is 10.1. The van der Waals surface area contributed by atoms with Crippen LogP contribution in [0, 0.1) is 11.6 Å². The third-order valence-corrected chi connectivity index (χ3v) is 4.46. The molecule has 1 aromatic carbocycles. The largest absolute Gasteiger partial charge is 0.345 e. The molecule has 1 aliphatic rings. The van der Waals surface area contributed by atoms with Crippen LogP contribution in [0.5, 0.6) is 0 Å². The Labute approximate surface area is 143 Å². The topological polar surface area (TPSA) is 59.7 Å². The molecule has 1 aliphatic heterocycles. The second-order valence-corrected chi connectivity index (χ2v) is 6.02. The van der Waals surface area contributed by atoms with Gasteiger partial charge < -0.3 is 9.47 Å². The minimum Gasteiger partial charge on any atom is -0.345 e. The highest BCUT2D eigenvalue weighted by Gasteiger charge is 2.30. The Balaban J connectivity index is 1.65. The van der Waals surface area contributed by atoms with E-state index in [1.807, 2.05) is 11.6 Å². The molecular formula is C17H16F2N6. The number of aryl methyl sites for hydroxylation is 1. The van der Waals surface area contributed by atoms with Gasteiger partial charge in [-0.25, -0.2) is 8.78 Å². The molecule has 0 spiro atoms. The van der Waals surface area contributed by atoms with Gasteiger partial charge in [-0.05, 0) is 37.1 Å². The van der Waals surface area contributed by atoms with E-state index in [0.29, 0.717) is 5.82 Å². The quantitative estimate of drug-likeness (QED) is 0.732. The van der Waals surface area contributed by atoms with Gasteiger partial charge >= 0.3 is 0 Å². The lowest BCUT2D eigenvalue weighted by Gasteiger charge is -2.24. The molecule has 0 aliphatic carbocycles. The van der Waals surface area contributed by atoms with Gasteiger partial charge in [-0.2, -0.15) is 0 Å². The first-order valence-corrected chi connectivity index (χ1v) is 8.04. The molecule has 3 heterocycles. The molecule has 0 bridgehead atoms. The zero-order valence-corrected chi connectivity index (χ0v) is 13.6. The molecule has 128 valence electrons. The van der Waals surface area contributed by atoms with E-state index in [4.69, 9.17) is 0 Å². The van der Waals surface area contributed by atoms with E-state index in [2.05, 4.69) is 25.3 Å². The molecule has 1 unspecified atom stereocenters. The summed E-state index contributed by atoms with van der Waals surface area (Å²) in [5.74, 6) is 0.217. The highest BCUT2D eigenvalue weighted by atomic mass is 19.1. The number of halogens is 2. The first-order chi connectivity index (χ1) is 12.1. The fourth-order valence-electron chi connectivity index (χ4n) is 3.26. The molecule has 0 amide bonds. The van der Waals surface area contributed by atoms with Gasteiger partial charge in [0.25, 0.3) is 0 Å². The number of nitrogens with zero attached hydrogens (tertiary/aromatic N) is 6. The minimum atomic E-state index is -0.653. The molecule has 0 N–H and O–H groups in total. The van der Waals surface area contributed by atoms with E-state index in [1.165, 1.54) is 18.2 Å².